The summed E-state index contributed by atoms with van der Waals surface area (Å²) in [4.78, 5) is 27.8. The molecule has 3 aromatic carbocycles. The van der Waals surface area contributed by atoms with Crippen LogP contribution in [0.15, 0.2) is 78.9 Å². The lowest BCUT2D eigenvalue weighted by molar-refractivity contribution is -0.137. The standard InChI is InChI=1S/C30H31F4N5O2S/c31-30(32,33)23-10-12-24(13-11-23)39(34)29(41)28(36-15-16-38-17-19-42-20-18-38)22-8-5-21(6-9-22)7-14-27(40)37-26-4-2-1-3-25(26)35/h1-14,28,36H,15-20,35H2,(H,37,40). The van der Waals surface area contributed by atoms with Gasteiger partial charge in [0.05, 0.1) is 22.6 Å². The first kappa shape index (κ1) is 31.1. The quantitative estimate of drug-likeness (QED) is 0.122. The van der Waals surface area contributed by atoms with Crippen molar-refractivity contribution >= 4 is 46.7 Å². The molecule has 4 rings (SSSR count). The van der Waals surface area contributed by atoms with Crippen molar-refractivity contribution in [2.45, 2.75) is 12.2 Å². The number of amides is 2. The van der Waals surface area contributed by atoms with Crippen molar-refractivity contribution < 1.29 is 27.2 Å². The molecule has 1 saturated heterocycles. The number of nitrogens with two attached hydrogens (primary N) is 1. The number of thioether (sulfide) groups is 1. The zero-order chi connectivity index (χ0) is 30.1. The first-order chi connectivity index (χ1) is 20.1. The summed E-state index contributed by atoms with van der Waals surface area (Å²) in [5.74, 6) is 0.681. The molecule has 0 spiro atoms. The molecule has 3 aromatic rings. The van der Waals surface area contributed by atoms with Crippen LogP contribution in [0.1, 0.15) is 22.7 Å². The molecule has 12 heteroatoms. The molecule has 1 unspecified atom stereocenters. The zero-order valence-corrected chi connectivity index (χ0v) is 23.4. The third-order valence-electron chi connectivity index (χ3n) is 6.66. The van der Waals surface area contributed by atoms with Crippen LogP contribution in [0, 0.1) is 0 Å². The van der Waals surface area contributed by atoms with Gasteiger partial charge in [0.25, 0.3) is 5.91 Å². The van der Waals surface area contributed by atoms with Crippen molar-refractivity contribution in [2.24, 2.45) is 0 Å². The fourth-order valence-electron chi connectivity index (χ4n) is 4.32. The van der Waals surface area contributed by atoms with E-state index in [9.17, 15) is 22.8 Å². The number of anilines is 3. The molecule has 4 N–H and O–H groups in total. The summed E-state index contributed by atoms with van der Waals surface area (Å²) in [5.41, 5.74) is 6.65. The smallest absolute Gasteiger partial charge is 0.397 e. The van der Waals surface area contributed by atoms with Gasteiger partial charge in [-0.2, -0.15) is 24.9 Å². The van der Waals surface area contributed by atoms with Crippen molar-refractivity contribution in [2.75, 3.05) is 53.9 Å². The molecule has 222 valence electrons. The highest BCUT2D eigenvalue weighted by Crippen LogP contribution is 2.31. The van der Waals surface area contributed by atoms with Crippen LogP contribution < -0.4 is 21.5 Å². The van der Waals surface area contributed by atoms with Crippen LogP contribution in [0.3, 0.4) is 0 Å². The minimum absolute atomic E-state index is 0.136. The van der Waals surface area contributed by atoms with Gasteiger partial charge in [-0.1, -0.05) is 40.9 Å². The Morgan fingerprint density at radius 1 is 1.00 bits per heavy atom. The number of rotatable bonds is 10. The second kappa shape index (κ2) is 14.3. The largest absolute Gasteiger partial charge is 0.416 e. The lowest BCUT2D eigenvalue weighted by Crippen LogP contribution is -2.42. The number of hydrogen-bond donors (Lipinski definition) is 3. The minimum atomic E-state index is -4.58. The average molecular weight is 602 g/mol. The van der Waals surface area contributed by atoms with Gasteiger partial charge in [0.1, 0.15) is 6.04 Å². The van der Waals surface area contributed by atoms with E-state index >= 15 is 4.48 Å². The van der Waals surface area contributed by atoms with Crippen LogP contribution in [0.5, 0.6) is 0 Å². The number of nitrogens with zero attached hydrogens (tertiary/aromatic N) is 2. The molecule has 0 bridgehead atoms. The van der Waals surface area contributed by atoms with Gasteiger partial charge in [0.2, 0.25) is 5.91 Å². The minimum Gasteiger partial charge on any atom is -0.397 e. The zero-order valence-electron chi connectivity index (χ0n) is 22.6. The van der Waals surface area contributed by atoms with Crippen LogP contribution in [-0.4, -0.2) is 54.4 Å². The molecule has 1 aliphatic rings. The molecule has 0 aromatic heterocycles. The SMILES string of the molecule is Nc1ccccc1NC(=O)C=Cc1ccc(C(NCCN2CCSCC2)C(=O)N(F)c2ccc(C(F)(F)F)cc2)cc1. The molecule has 7 nitrogen and oxygen atoms in total. The van der Waals surface area contributed by atoms with Gasteiger partial charge in [-0.3, -0.25) is 9.59 Å². The Morgan fingerprint density at radius 3 is 2.31 bits per heavy atom. The summed E-state index contributed by atoms with van der Waals surface area (Å²) >= 11 is 1.87. The molecule has 0 radical (unpaired) electrons. The molecule has 1 heterocycles. The lowest BCUT2D eigenvalue weighted by Gasteiger charge is -2.28. The molecule has 42 heavy (non-hydrogen) atoms. The van der Waals surface area contributed by atoms with Crippen LogP contribution in [-0.2, 0) is 15.8 Å². The van der Waals surface area contributed by atoms with Crippen molar-refractivity contribution in [1.82, 2.24) is 10.2 Å². The fraction of sp³-hybridized carbons (Fsp3) is 0.267. The molecular weight excluding hydrogens is 570 g/mol. The van der Waals surface area contributed by atoms with E-state index in [-0.39, 0.29) is 16.7 Å². The lowest BCUT2D eigenvalue weighted by atomic mass is 10.0. The second-order valence-corrected chi connectivity index (χ2v) is 10.8. The highest BCUT2D eigenvalue weighted by atomic mass is 32.2. The maximum absolute atomic E-state index is 15.3. The molecule has 2 amide bonds. The van der Waals surface area contributed by atoms with Crippen LogP contribution in [0.4, 0.5) is 34.7 Å². The Kier molecular flexibility index (Phi) is 10.6. The summed E-state index contributed by atoms with van der Waals surface area (Å²) in [6, 6.07) is 15.7. The number of carbonyl (C=O) groups is 2. The van der Waals surface area contributed by atoms with E-state index in [4.69, 9.17) is 5.73 Å². The molecule has 1 fully saturated rings. The van der Waals surface area contributed by atoms with E-state index in [1.807, 2.05) is 11.8 Å². The third-order valence-corrected chi connectivity index (χ3v) is 7.60. The number of nitrogens with one attached hydrogen (secondary N) is 2. The van der Waals surface area contributed by atoms with E-state index < -0.39 is 23.7 Å². The highest BCUT2D eigenvalue weighted by Gasteiger charge is 2.32. The first-order valence-electron chi connectivity index (χ1n) is 13.3. The van der Waals surface area contributed by atoms with Crippen molar-refractivity contribution in [1.29, 1.82) is 0 Å². The van der Waals surface area contributed by atoms with Crippen molar-refractivity contribution in [3.05, 3.63) is 95.6 Å². The predicted molar refractivity (Wildman–Crippen MR) is 160 cm³/mol. The van der Waals surface area contributed by atoms with E-state index in [1.54, 1.807) is 54.6 Å². The maximum Gasteiger partial charge on any atom is 0.416 e. The Bertz CT molecular complexity index is 1380. The van der Waals surface area contributed by atoms with E-state index in [1.165, 1.54) is 6.08 Å². The highest BCUT2D eigenvalue weighted by molar-refractivity contribution is 7.99. The van der Waals surface area contributed by atoms with Crippen LogP contribution >= 0.6 is 11.8 Å². The third kappa shape index (κ3) is 8.57. The van der Waals surface area contributed by atoms with Crippen LogP contribution in [0.2, 0.25) is 0 Å². The fourth-order valence-corrected chi connectivity index (χ4v) is 5.30. The molecule has 0 aliphatic carbocycles. The van der Waals surface area contributed by atoms with Gasteiger partial charge in [-0.25, -0.2) is 0 Å². The number of alkyl halides is 3. The predicted octanol–water partition coefficient (Wildman–Crippen LogP) is 5.54. The van der Waals surface area contributed by atoms with Gasteiger partial charge in [0, 0.05) is 43.8 Å². The van der Waals surface area contributed by atoms with E-state index in [0.29, 0.717) is 35.6 Å². The number of carbonyl (C=O) groups excluding carboxylic acids is 2. The second-order valence-electron chi connectivity index (χ2n) is 9.58. The normalized spacial score (nSPS) is 15.0. The topological polar surface area (TPSA) is 90.7 Å². The van der Waals surface area contributed by atoms with Crippen LogP contribution in [0.25, 0.3) is 6.08 Å². The first-order valence-corrected chi connectivity index (χ1v) is 14.4. The Balaban J connectivity index is 1.47. The Hall–Kier alpha value is -3.87. The van der Waals surface area contributed by atoms with Gasteiger partial charge >= 0.3 is 6.18 Å². The van der Waals surface area contributed by atoms with Crippen molar-refractivity contribution in [3.8, 4) is 0 Å². The summed E-state index contributed by atoms with van der Waals surface area (Å²) in [5, 5.41) is 5.68. The van der Waals surface area contributed by atoms with Crippen molar-refractivity contribution in [3.63, 3.8) is 0 Å². The summed E-state index contributed by atoms with van der Waals surface area (Å²) < 4.78 is 54.1. The van der Waals surface area contributed by atoms with E-state index in [2.05, 4.69) is 15.5 Å². The molecule has 0 saturated carbocycles. The number of halogens is 4. The summed E-state index contributed by atoms with van der Waals surface area (Å²) in [6.45, 7) is 2.87. The van der Waals surface area contributed by atoms with E-state index in [0.717, 1.165) is 48.9 Å². The van der Waals surface area contributed by atoms with Gasteiger partial charge in [-0.05, 0) is 53.6 Å². The Morgan fingerprint density at radius 2 is 1.67 bits per heavy atom. The number of nitrogen functional groups attached to an aromatic ring is 1. The summed E-state index contributed by atoms with van der Waals surface area (Å²) in [6.07, 6.45) is -1.65. The average Bonchev–Trinajstić information content (AvgIpc) is 2.99. The molecule has 1 aliphatic heterocycles. The molecular formula is C30H31F4N5O2S. The molecule has 1 atom stereocenters. The maximum atomic E-state index is 15.3. The number of hydrogen-bond acceptors (Lipinski definition) is 6. The van der Waals surface area contributed by atoms with Gasteiger partial charge in [0.15, 0.2) is 0 Å². The van der Waals surface area contributed by atoms with Gasteiger partial charge < -0.3 is 21.3 Å². The number of para-hydroxylation sites is 2. The summed E-state index contributed by atoms with van der Waals surface area (Å²) in [7, 11) is 0. The van der Waals surface area contributed by atoms with Gasteiger partial charge in [-0.15, -0.1) is 5.12 Å². The monoisotopic (exact) mass is 601 g/mol. The Labute approximate surface area is 245 Å². The number of benzene rings is 3.